The fraction of sp³-hybridized carbons (Fsp3) is 0.267. The Bertz CT molecular complexity index is 649. The molecule has 3 N–H and O–H groups in total. The Labute approximate surface area is 121 Å². The minimum atomic E-state index is -0.494. The number of H-pyrrole nitrogens is 1. The monoisotopic (exact) mass is 284 g/mol. The average molecular weight is 284 g/mol. The maximum absolute atomic E-state index is 12.6. The summed E-state index contributed by atoms with van der Waals surface area (Å²) in [5.74, 6) is -0.527. The molecule has 1 saturated heterocycles. The number of likely N-dealkylation sites (tertiary alicyclic amines) is 1. The van der Waals surface area contributed by atoms with Gasteiger partial charge in [-0.2, -0.15) is 5.10 Å². The van der Waals surface area contributed by atoms with E-state index in [2.05, 4.69) is 10.2 Å². The van der Waals surface area contributed by atoms with E-state index in [0.29, 0.717) is 11.1 Å². The molecular weight excluding hydrogens is 268 g/mol. The summed E-state index contributed by atoms with van der Waals surface area (Å²) < 4.78 is 0. The highest BCUT2D eigenvalue weighted by atomic mass is 16.2. The molecule has 1 atom stereocenters. The largest absolute Gasteiger partial charge is 0.366 e. The summed E-state index contributed by atoms with van der Waals surface area (Å²) in [6.45, 7) is 0.728. The summed E-state index contributed by atoms with van der Waals surface area (Å²) in [5, 5.41) is 6.74. The number of carbonyl (C=O) groups excluding carboxylic acids is 2. The first-order valence-electron chi connectivity index (χ1n) is 6.86. The van der Waals surface area contributed by atoms with E-state index in [1.165, 1.54) is 0 Å². The van der Waals surface area contributed by atoms with Crippen molar-refractivity contribution in [1.82, 2.24) is 15.1 Å². The standard InChI is InChI=1S/C15H16N4O2/c16-14(20)10-3-5-11(6-4-10)15(21)19-7-1-2-13(19)12-8-17-18-9-12/h3-6,8-9,13H,1-2,7H2,(H2,16,20)(H,17,18). The molecule has 1 aromatic carbocycles. The zero-order valence-corrected chi connectivity index (χ0v) is 11.5. The number of nitrogens with one attached hydrogen (secondary N) is 1. The van der Waals surface area contributed by atoms with Crippen LogP contribution in [-0.4, -0.2) is 33.5 Å². The predicted molar refractivity (Wildman–Crippen MR) is 76.6 cm³/mol. The van der Waals surface area contributed by atoms with Gasteiger partial charge in [-0.25, -0.2) is 0 Å². The first kappa shape index (κ1) is 13.4. The van der Waals surface area contributed by atoms with Gasteiger partial charge in [0, 0.05) is 29.4 Å². The number of nitrogens with zero attached hydrogens (tertiary/aromatic N) is 2. The summed E-state index contributed by atoms with van der Waals surface area (Å²) in [6.07, 6.45) is 5.49. The number of amides is 2. The average Bonchev–Trinajstić information content (AvgIpc) is 3.17. The summed E-state index contributed by atoms with van der Waals surface area (Å²) in [7, 11) is 0. The molecule has 0 bridgehead atoms. The lowest BCUT2D eigenvalue weighted by molar-refractivity contribution is 0.0735. The Balaban J connectivity index is 1.82. The number of aromatic amines is 1. The van der Waals surface area contributed by atoms with Crippen molar-refractivity contribution in [1.29, 1.82) is 0 Å². The third kappa shape index (κ3) is 2.52. The first-order valence-corrected chi connectivity index (χ1v) is 6.86. The second-order valence-corrected chi connectivity index (χ2v) is 5.13. The van der Waals surface area contributed by atoms with Crippen LogP contribution in [0.15, 0.2) is 36.7 Å². The highest BCUT2D eigenvalue weighted by Gasteiger charge is 2.31. The van der Waals surface area contributed by atoms with Crippen LogP contribution in [0.1, 0.15) is 45.2 Å². The molecule has 6 heteroatoms. The van der Waals surface area contributed by atoms with E-state index in [4.69, 9.17) is 5.73 Å². The van der Waals surface area contributed by atoms with E-state index in [1.807, 2.05) is 11.1 Å². The molecule has 2 amide bonds. The van der Waals surface area contributed by atoms with Crippen molar-refractivity contribution in [3.8, 4) is 0 Å². The Morgan fingerprint density at radius 2 is 1.95 bits per heavy atom. The van der Waals surface area contributed by atoms with Crippen LogP contribution in [-0.2, 0) is 0 Å². The molecule has 0 aliphatic carbocycles. The Hall–Kier alpha value is -2.63. The second-order valence-electron chi connectivity index (χ2n) is 5.13. The highest BCUT2D eigenvalue weighted by Crippen LogP contribution is 2.32. The molecule has 6 nitrogen and oxygen atoms in total. The van der Waals surface area contributed by atoms with Gasteiger partial charge in [-0.1, -0.05) is 0 Å². The molecule has 2 heterocycles. The van der Waals surface area contributed by atoms with Gasteiger partial charge in [-0.05, 0) is 37.1 Å². The van der Waals surface area contributed by atoms with Crippen molar-refractivity contribution in [3.63, 3.8) is 0 Å². The Morgan fingerprint density at radius 3 is 2.57 bits per heavy atom. The molecule has 0 radical (unpaired) electrons. The smallest absolute Gasteiger partial charge is 0.254 e. The predicted octanol–water partition coefficient (Wildman–Crippen LogP) is 1.49. The Kier molecular flexibility index (Phi) is 3.43. The van der Waals surface area contributed by atoms with Gasteiger partial charge in [0.1, 0.15) is 0 Å². The van der Waals surface area contributed by atoms with Crippen molar-refractivity contribution in [3.05, 3.63) is 53.3 Å². The maximum Gasteiger partial charge on any atom is 0.254 e. The number of rotatable bonds is 3. The highest BCUT2D eigenvalue weighted by molar-refractivity contribution is 5.97. The van der Waals surface area contributed by atoms with Gasteiger partial charge in [-0.3, -0.25) is 14.7 Å². The van der Waals surface area contributed by atoms with Gasteiger partial charge in [0.15, 0.2) is 0 Å². The van der Waals surface area contributed by atoms with Crippen LogP contribution in [0, 0.1) is 0 Å². The first-order chi connectivity index (χ1) is 10.2. The molecule has 1 aromatic heterocycles. The van der Waals surface area contributed by atoms with Gasteiger partial charge >= 0.3 is 0 Å². The molecule has 1 unspecified atom stereocenters. The van der Waals surface area contributed by atoms with E-state index < -0.39 is 5.91 Å². The molecular formula is C15H16N4O2. The fourth-order valence-electron chi connectivity index (χ4n) is 2.74. The third-order valence-corrected chi connectivity index (χ3v) is 3.83. The summed E-state index contributed by atoms with van der Waals surface area (Å²) in [5.41, 5.74) is 7.19. The van der Waals surface area contributed by atoms with E-state index in [-0.39, 0.29) is 11.9 Å². The lowest BCUT2D eigenvalue weighted by Crippen LogP contribution is -2.30. The van der Waals surface area contributed by atoms with Crippen LogP contribution >= 0.6 is 0 Å². The minimum Gasteiger partial charge on any atom is -0.366 e. The van der Waals surface area contributed by atoms with Gasteiger partial charge in [0.25, 0.3) is 5.91 Å². The van der Waals surface area contributed by atoms with Gasteiger partial charge in [-0.15, -0.1) is 0 Å². The molecule has 2 aromatic rings. The van der Waals surface area contributed by atoms with Crippen LogP contribution < -0.4 is 5.73 Å². The number of aromatic nitrogens is 2. The van der Waals surface area contributed by atoms with Gasteiger partial charge < -0.3 is 10.6 Å². The number of hydrogen-bond acceptors (Lipinski definition) is 3. The summed E-state index contributed by atoms with van der Waals surface area (Å²) in [6, 6.07) is 6.52. The zero-order chi connectivity index (χ0) is 14.8. The molecule has 0 saturated carbocycles. The molecule has 0 spiro atoms. The van der Waals surface area contributed by atoms with Crippen molar-refractivity contribution < 1.29 is 9.59 Å². The minimum absolute atomic E-state index is 0.0327. The normalized spacial score (nSPS) is 17.9. The van der Waals surface area contributed by atoms with E-state index >= 15 is 0 Å². The fourth-order valence-corrected chi connectivity index (χ4v) is 2.74. The van der Waals surface area contributed by atoms with Crippen molar-refractivity contribution in [2.75, 3.05) is 6.54 Å². The Morgan fingerprint density at radius 1 is 1.24 bits per heavy atom. The number of primary amides is 1. The summed E-state index contributed by atoms with van der Waals surface area (Å²) >= 11 is 0. The topological polar surface area (TPSA) is 92.1 Å². The van der Waals surface area contributed by atoms with Crippen molar-refractivity contribution in [2.24, 2.45) is 5.73 Å². The maximum atomic E-state index is 12.6. The van der Waals surface area contributed by atoms with Gasteiger partial charge in [0.2, 0.25) is 5.91 Å². The van der Waals surface area contributed by atoms with Crippen LogP contribution in [0.5, 0.6) is 0 Å². The molecule has 21 heavy (non-hydrogen) atoms. The van der Waals surface area contributed by atoms with E-state index in [1.54, 1.807) is 30.5 Å². The van der Waals surface area contributed by atoms with E-state index in [9.17, 15) is 9.59 Å². The summed E-state index contributed by atoms with van der Waals surface area (Å²) in [4.78, 5) is 25.5. The lowest BCUT2D eigenvalue weighted by Gasteiger charge is -2.24. The molecule has 3 rings (SSSR count). The number of hydrogen-bond donors (Lipinski definition) is 2. The van der Waals surface area contributed by atoms with E-state index in [0.717, 1.165) is 24.9 Å². The molecule has 1 aliphatic rings. The number of benzene rings is 1. The van der Waals surface area contributed by atoms with Crippen LogP contribution in [0.2, 0.25) is 0 Å². The lowest BCUT2D eigenvalue weighted by atomic mass is 10.1. The zero-order valence-electron chi connectivity index (χ0n) is 11.5. The van der Waals surface area contributed by atoms with Crippen LogP contribution in [0.25, 0.3) is 0 Å². The molecule has 108 valence electrons. The van der Waals surface area contributed by atoms with Crippen molar-refractivity contribution >= 4 is 11.8 Å². The number of carbonyl (C=O) groups is 2. The van der Waals surface area contributed by atoms with Crippen molar-refractivity contribution in [2.45, 2.75) is 18.9 Å². The SMILES string of the molecule is NC(=O)c1ccc(C(=O)N2CCCC2c2cn[nH]c2)cc1. The van der Waals surface area contributed by atoms with Gasteiger partial charge in [0.05, 0.1) is 12.2 Å². The molecule has 1 fully saturated rings. The second kappa shape index (κ2) is 5.40. The van der Waals surface area contributed by atoms with Crippen LogP contribution in [0.3, 0.4) is 0 Å². The van der Waals surface area contributed by atoms with Crippen LogP contribution in [0.4, 0.5) is 0 Å². The number of nitrogens with two attached hydrogens (primary N) is 1. The third-order valence-electron chi connectivity index (χ3n) is 3.83. The quantitative estimate of drug-likeness (QED) is 0.894. The molecule has 1 aliphatic heterocycles.